The Bertz CT molecular complexity index is 397. The lowest BCUT2D eigenvalue weighted by Crippen LogP contribution is -2.34. The van der Waals surface area contributed by atoms with Crippen LogP contribution < -0.4 is 10.6 Å². The Balaban J connectivity index is 2.80. The fraction of sp³-hybridized carbons (Fsp3) is 0.533. The molecule has 0 saturated heterocycles. The molecule has 0 aliphatic heterocycles. The van der Waals surface area contributed by atoms with Crippen LogP contribution in [0.4, 0.5) is 5.69 Å². The second-order valence-electron chi connectivity index (χ2n) is 4.55. The van der Waals surface area contributed by atoms with Crippen LogP contribution in [0.5, 0.6) is 0 Å². The van der Waals surface area contributed by atoms with Crippen molar-refractivity contribution in [3.8, 4) is 0 Å². The summed E-state index contributed by atoms with van der Waals surface area (Å²) in [6.45, 7) is 9.11. The first-order valence-corrected chi connectivity index (χ1v) is 6.77. The van der Waals surface area contributed by atoms with E-state index in [1.807, 2.05) is 25.1 Å². The second-order valence-corrected chi connectivity index (χ2v) is 4.55. The van der Waals surface area contributed by atoms with Gasteiger partial charge in [-0.05, 0) is 50.5 Å². The summed E-state index contributed by atoms with van der Waals surface area (Å²) in [5.74, 6) is 0.0317. The molecule has 0 aliphatic rings. The Labute approximate surface area is 110 Å². The van der Waals surface area contributed by atoms with Gasteiger partial charge in [0.25, 0.3) is 5.91 Å². The van der Waals surface area contributed by atoms with Gasteiger partial charge in [0.15, 0.2) is 0 Å². The van der Waals surface area contributed by atoms with Gasteiger partial charge in [-0.25, -0.2) is 0 Å². The highest BCUT2D eigenvalue weighted by molar-refractivity contribution is 5.96. The number of hydrogen-bond acceptors (Lipinski definition) is 2. The van der Waals surface area contributed by atoms with Crippen molar-refractivity contribution in [1.29, 1.82) is 0 Å². The Hall–Kier alpha value is -1.51. The fourth-order valence-electron chi connectivity index (χ4n) is 1.99. The lowest BCUT2D eigenvalue weighted by atomic mass is 10.1. The Morgan fingerprint density at radius 2 is 1.89 bits per heavy atom. The molecule has 0 spiro atoms. The third-order valence-corrected chi connectivity index (χ3v) is 3.17. The first-order valence-electron chi connectivity index (χ1n) is 6.77. The highest BCUT2D eigenvalue weighted by Gasteiger charge is 2.12. The molecule has 1 aromatic carbocycles. The monoisotopic (exact) mass is 248 g/mol. The first kappa shape index (κ1) is 14.6. The molecule has 0 unspecified atom stereocenters. The number of hydrogen-bond donors (Lipinski definition) is 2. The van der Waals surface area contributed by atoms with Crippen molar-refractivity contribution in [2.24, 2.45) is 0 Å². The van der Waals surface area contributed by atoms with E-state index in [-0.39, 0.29) is 11.9 Å². The van der Waals surface area contributed by atoms with Crippen LogP contribution in [0.3, 0.4) is 0 Å². The number of nitrogens with one attached hydrogen (secondary N) is 2. The number of benzene rings is 1. The molecule has 0 radical (unpaired) electrons. The summed E-state index contributed by atoms with van der Waals surface area (Å²) < 4.78 is 0. The van der Waals surface area contributed by atoms with E-state index in [0.717, 1.165) is 36.2 Å². The van der Waals surface area contributed by atoms with Crippen molar-refractivity contribution in [2.45, 2.75) is 46.6 Å². The molecule has 0 aliphatic carbocycles. The van der Waals surface area contributed by atoms with E-state index in [1.54, 1.807) is 0 Å². The zero-order chi connectivity index (χ0) is 13.5. The maximum absolute atomic E-state index is 12.1. The lowest BCUT2D eigenvalue weighted by molar-refractivity contribution is 0.0934. The van der Waals surface area contributed by atoms with E-state index in [9.17, 15) is 4.79 Å². The number of aryl methyl sites for hydroxylation is 1. The summed E-state index contributed by atoms with van der Waals surface area (Å²) in [6, 6.07) is 6.14. The van der Waals surface area contributed by atoms with E-state index in [0.29, 0.717) is 0 Å². The van der Waals surface area contributed by atoms with Crippen molar-refractivity contribution in [1.82, 2.24) is 5.32 Å². The minimum Gasteiger partial charge on any atom is -0.385 e. The van der Waals surface area contributed by atoms with E-state index in [2.05, 4.69) is 31.4 Å². The van der Waals surface area contributed by atoms with Gasteiger partial charge in [-0.3, -0.25) is 4.79 Å². The van der Waals surface area contributed by atoms with Gasteiger partial charge in [-0.1, -0.05) is 13.8 Å². The summed E-state index contributed by atoms with van der Waals surface area (Å²) in [6.07, 6.45) is 1.94. The Morgan fingerprint density at radius 3 is 2.39 bits per heavy atom. The van der Waals surface area contributed by atoms with Crippen molar-refractivity contribution in [2.75, 3.05) is 11.9 Å². The van der Waals surface area contributed by atoms with E-state index < -0.39 is 0 Å². The molecule has 0 bridgehead atoms. The number of rotatable bonds is 6. The zero-order valence-corrected chi connectivity index (χ0v) is 11.8. The summed E-state index contributed by atoms with van der Waals surface area (Å²) in [7, 11) is 0. The maximum atomic E-state index is 12.1. The van der Waals surface area contributed by atoms with E-state index >= 15 is 0 Å². The molecular formula is C15H24N2O. The van der Waals surface area contributed by atoms with Gasteiger partial charge in [0.1, 0.15) is 0 Å². The normalized spacial score (nSPS) is 10.5. The summed E-state index contributed by atoms with van der Waals surface area (Å²) in [4.78, 5) is 12.1. The number of carbonyl (C=O) groups is 1. The van der Waals surface area contributed by atoms with Gasteiger partial charge in [-0.2, -0.15) is 0 Å². The van der Waals surface area contributed by atoms with Crippen LogP contribution in [0.2, 0.25) is 0 Å². The van der Waals surface area contributed by atoms with E-state index in [1.165, 1.54) is 0 Å². The molecule has 18 heavy (non-hydrogen) atoms. The minimum absolute atomic E-state index is 0.0317. The predicted molar refractivity (Wildman–Crippen MR) is 77.2 cm³/mol. The van der Waals surface area contributed by atoms with Gasteiger partial charge in [0.2, 0.25) is 0 Å². The van der Waals surface area contributed by atoms with Crippen molar-refractivity contribution in [3.63, 3.8) is 0 Å². The largest absolute Gasteiger partial charge is 0.385 e. The fourth-order valence-corrected chi connectivity index (χ4v) is 1.99. The lowest BCUT2D eigenvalue weighted by Gasteiger charge is -2.16. The van der Waals surface area contributed by atoms with Crippen LogP contribution in [0, 0.1) is 6.92 Å². The SMILES string of the molecule is CCNc1ccc(C(=O)NC(CC)CC)c(C)c1. The van der Waals surface area contributed by atoms with Crippen LogP contribution >= 0.6 is 0 Å². The second kappa shape index (κ2) is 7.04. The molecule has 0 atom stereocenters. The molecule has 1 amide bonds. The number of carbonyl (C=O) groups excluding carboxylic acids is 1. The molecule has 3 heteroatoms. The van der Waals surface area contributed by atoms with Gasteiger partial charge < -0.3 is 10.6 Å². The molecule has 100 valence electrons. The van der Waals surface area contributed by atoms with Crippen LogP contribution in [-0.2, 0) is 0 Å². The summed E-state index contributed by atoms with van der Waals surface area (Å²) in [5, 5.41) is 6.31. The summed E-state index contributed by atoms with van der Waals surface area (Å²) >= 11 is 0. The average Bonchev–Trinajstić information content (AvgIpc) is 2.36. The standard InChI is InChI=1S/C15H24N2O/c1-5-12(6-2)17-15(18)14-9-8-13(16-7-3)10-11(14)4/h8-10,12,16H,5-7H2,1-4H3,(H,17,18). The van der Waals surface area contributed by atoms with E-state index in [4.69, 9.17) is 0 Å². The first-order chi connectivity index (χ1) is 8.62. The molecule has 1 rings (SSSR count). The topological polar surface area (TPSA) is 41.1 Å². The number of amides is 1. The van der Waals surface area contributed by atoms with Crippen LogP contribution in [0.1, 0.15) is 49.5 Å². The van der Waals surface area contributed by atoms with Gasteiger partial charge in [-0.15, -0.1) is 0 Å². The van der Waals surface area contributed by atoms with Gasteiger partial charge in [0, 0.05) is 23.8 Å². The van der Waals surface area contributed by atoms with Crippen molar-refractivity contribution in [3.05, 3.63) is 29.3 Å². The molecule has 3 nitrogen and oxygen atoms in total. The molecule has 0 heterocycles. The summed E-state index contributed by atoms with van der Waals surface area (Å²) in [5.41, 5.74) is 2.84. The van der Waals surface area contributed by atoms with Crippen LogP contribution in [-0.4, -0.2) is 18.5 Å². The maximum Gasteiger partial charge on any atom is 0.251 e. The highest BCUT2D eigenvalue weighted by Crippen LogP contribution is 2.15. The third-order valence-electron chi connectivity index (χ3n) is 3.17. The quantitative estimate of drug-likeness (QED) is 0.810. The molecular weight excluding hydrogens is 224 g/mol. The van der Waals surface area contributed by atoms with Crippen LogP contribution in [0.25, 0.3) is 0 Å². The van der Waals surface area contributed by atoms with Gasteiger partial charge in [0.05, 0.1) is 0 Å². The average molecular weight is 248 g/mol. The molecule has 0 aromatic heterocycles. The zero-order valence-electron chi connectivity index (χ0n) is 11.8. The third kappa shape index (κ3) is 3.76. The van der Waals surface area contributed by atoms with Gasteiger partial charge >= 0.3 is 0 Å². The van der Waals surface area contributed by atoms with Crippen molar-refractivity contribution >= 4 is 11.6 Å². The number of anilines is 1. The van der Waals surface area contributed by atoms with Crippen LogP contribution in [0.15, 0.2) is 18.2 Å². The highest BCUT2D eigenvalue weighted by atomic mass is 16.1. The minimum atomic E-state index is 0.0317. The molecule has 0 saturated carbocycles. The molecule has 2 N–H and O–H groups in total. The van der Waals surface area contributed by atoms with Crippen molar-refractivity contribution < 1.29 is 4.79 Å². The smallest absolute Gasteiger partial charge is 0.251 e. The Kier molecular flexibility index (Phi) is 5.69. The predicted octanol–water partition coefficient (Wildman–Crippen LogP) is 3.35. The Morgan fingerprint density at radius 1 is 1.22 bits per heavy atom. The molecule has 1 aromatic rings. The molecule has 0 fully saturated rings.